The van der Waals surface area contributed by atoms with Crippen LogP contribution in [0.3, 0.4) is 0 Å². The number of amides is 4. The molecule has 7 rings (SSSR count). The Morgan fingerprint density at radius 2 is 1.73 bits per heavy atom. The fraction of sp³-hybridized carbons (Fsp3) is 0.400. The number of piperidine rings is 1. The molecule has 4 aliphatic rings. The second-order valence-corrected chi connectivity index (χ2v) is 11.6. The zero-order valence-corrected chi connectivity index (χ0v) is 22.6. The Kier molecular flexibility index (Phi) is 5.91. The number of carbonyl (C=O) groups is 4. The summed E-state index contributed by atoms with van der Waals surface area (Å²) in [5, 5.41) is 10.5. The van der Waals surface area contributed by atoms with E-state index in [0.29, 0.717) is 23.9 Å². The number of nitrogens with zero attached hydrogens (tertiary/aromatic N) is 4. The van der Waals surface area contributed by atoms with Crippen LogP contribution in [-0.4, -0.2) is 55.5 Å². The maximum absolute atomic E-state index is 13.1. The van der Waals surface area contributed by atoms with Crippen molar-refractivity contribution < 1.29 is 19.2 Å². The smallest absolute Gasteiger partial charge is 0.262 e. The molecule has 3 aromatic rings. The first-order chi connectivity index (χ1) is 19.8. The van der Waals surface area contributed by atoms with Gasteiger partial charge in [-0.2, -0.15) is 5.10 Å². The van der Waals surface area contributed by atoms with Crippen LogP contribution in [0.1, 0.15) is 76.9 Å². The Hall–Kier alpha value is -4.54. The Balaban J connectivity index is 1.000. The number of fused-ring (bicyclic) bond motifs is 1. The molecule has 11 nitrogen and oxygen atoms in total. The summed E-state index contributed by atoms with van der Waals surface area (Å²) in [5.41, 5.74) is 3.91. The van der Waals surface area contributed by atoms with Crippen molar-refractivity contribution in [3.05, 3.63) is 69.9 Å². The second-order valence-electron chi connectivity index (χ2n) is 11.6. The lowest BCUT2D eigenvalue weighted by atomic mass is 9.80. The predicted molar refractivity (Wildman–Crippen MR) is 148 cm³/mol. The molecule has 0 spiro atoms. The van der Waals surface area contributed by atoms with Crippen molar-refractivity contribution >= 4 is 29.3 Å². The van der Waals surface area contributed by atoms with Crippen molar-refractivity contribution in [1.29, 1.82) is 0 Å². The lowest BCUT2D eigenvalue weighted by Crippen LogP contribution is -2.54. The maximum Gasteiger partial charge on any atom is 0.262 e. The molecule has 41 heavy (non-hydrogen) atoms. The molecule has 1 aromatic carbocycles. The lowest BCUT2D eigenvalue weighted by Gasteiger charge is -2.35. The van der Waals surface area contributed by atoms with Gasteiger partial charge in [-0.15, -0.1) is 0 Å². The summed E-state index contributed by atoms with van der Waals surface area (Å²) in [6.07, 6.45) is 8.11. The molecule has 0 bridgehead atoms. The van der Waals surface area contributed by atoms with E-state index in [1.807, 2.05) is 23.0 Å². The topological polar surface area (TPSA) is 135 Å². The van der Waals surface area contributed by atoms with E-state index in [4.69, 9.17) is 5.10 Å². The minimum absolute atomic E-state index is 0.0145. The SMILES string of the molecule is Cn1cccc(-c2cn(C3CC(CNc4ccc5c(c4)C(=O)N(C4CCC(=O)NC4=O)C5=O)C3)nc2C2CC2)c1=O. The molecule has 2 aliphatic heterocycles. The van der Waals surface area contributed by atoms with Gasteiger partial charge >= 0.3 is 0 Å². The number of pyridine rings is 1. The average molecular weight is 555 g/mol. The summed E-state index contributed by atoms with van der Waals surface area (Å²) in [5.74, 6) is -1.20. The summed E-state index contributed by atoms with van der Waals surface area (Å²) in [7, 11) is 1.76. The van der Waals surface area contributed by atoms with E-state index < -0.39 is 29.7 Å². The van der Waals surface area contributed by atoms with Crippen LogP contribution in [0.25, 0.3) is 11.1 Å². The van der Waals surface area contributed by atoms with Gasteiger partial charge in [0.05, 0.1) is 28.4 Å². The molecule has 210 valence electrons. The number of nitrogens with one attached hydrogen (secondary N) is 2. The quantitative estimate of drug-likeness (QED) is 0.429. The van der Waals surface area contributed by atoms with Gasteiger partial charge in [0, 0.05) is 49.6 Å². The molecule has 1 unspecified atom stereocenters. The molecule has 0 radical (unpaired) electrons. The fourth-order valence-corrected chi connectivity index (χ4v) is 6.19. The van der Waals surface area contributed by atoms with Crippen LogP contribution in [0.2, 0.25) is 0 Å². The predicted octanol–water partition coefficient (Wildman–Crippen LogP) is 2.59. The molecule has 2 N–H and O–H groups in total. The van der Waals surface area contributed by atoms with Gasteiger partial charge in [0.2, 0.25) is 11.8 Å². The maximum atomic E-state index is 13.1. The van der Waals surface area contributed by atoms with Crippen LogP contribution in [0.4, 0.5) is 5.69 Å². The molecular formula is C30H30N6O5. The minimum Gasteiger partial charge on any atom is -0.385 e. The Labute approximate surface area is 235 Å². The zero-order chi connectivity index (χ0) is 28.4. The van der Waals surface area contributed by atoms with Crippen molar-refractivity contribution in [2.75, 3.05) is 11.9 Å². The van der Waals surface area contributed by atoms with Gasteiger partial charge in [-0.1, -0.05) is 0 Å². The molecule has 2 aliphatic carbocycles. The van der Waals surface area contributed by atoms with E-state index >= 15 is 0 Å². The number of hydrogen-bond donors (Lipinski definition) is 2. The number of rotatable bonds is 7. The van der Waals surface area contributed by atoms with Crippen LogP contribution >= 0.6 is 0 Å². The highest BCUT2D eigenvalue weighted by Crippen LogP contribution is 2.45. The second kappa shape index (κ2) is 9.53. The van der Waals surface area contributed by atoms with Gasteiger partial charge in [0.1, 0.15) is 6.04 Å². The molecule has 11 heteroatoms. The molecule has 2 aromatic heterocycles. The highest BCUT2D eigenvalue weighted by atomic mass is 16.2. The number of aryl methyl sites for hydroxylation is 1. The number of benzene rings is 1. The van der Waals surface area contributed by atoms with Crippen molar-refractivity contribution in [3.63, 3.8) is 0 Å². The van der Waals surface area contributed by atoms with E-state index in [-0.39, 0.29) is 35.6 Å². The van der Waals surface area contributed by atoms with Crippen molar-refractivity contribution in [1.82, 2.24) is 24.6 Å². The first-order valence-corrected chi connectivity index (χ1v) is 14.1. The van der Waals surface area contributed by atoms with E-state index in [0.717, 1.165) is 47.5 Å². The standard InChI is InChI=1S/C30H30N6O5/c1-34-10-2-3-20(28(34)39)23-15-35(33-26(23)17-4-5-17)19-11-16(12-19)14-31-18-6-7-21-22(13-18)30(41)36(29(21)40)24-8-9-25(37)32-27(24)38/h2-3,6-7,10,13,15-17,19,24,31H,4-5,8-9,11-12,14H2,1H3,(H,32,37,38). The molecule has 3 fully saturated rings. The van der Waals surface area contributed by atoms with Gasteiger partial charge in [0.25, 0.3) is 17.4 Å². The van der Waals surface area contributed by atoms with E-state index in [1.165, 1.54) is 0 Å². The molecule has 2 saturated carbocycles. The summed E-state index contributed by atoms with van der Waals surface area (Å²) in [6, 6.07) is 8.12. The first kappa shape index (κ1) is 25.4. The number of carbonyl (C=O) groups excluding carboxylic acids is 4. The zero-order valence-electron chi connectivity index (χ0n) is 22.6. The molecule has 1 saturated heterocycles. The van der Waals surface area contributed by atoms with Crippen molar-refractivity contribution in [3.8, 4) is 11.1 Å². The van der Waals surface area contributed by atoms with Gasteiger partial charge in [-0.3, -0.25) is 38.9 Å². The van der Waals surface area contributed by atoms with Crippen LogP contribution in [0.5, 0.6) is 0 Å². The third kappa shape index (κ3) is 4.36. The number of aromatic nitrogens is 3. The molecule has 1 atom stereocenters. The third-order valence-electron chi connectivity index (χ3n) is 8.76. The molecule has 4 amide bonds. The average Bonchev–Trinajstić information content (AvgIpc) is 3.64. The van der Waals surface area contributed by atoms with E-state index in [1.54, 1.807) is 36.0 Å². The number of imide groups is 2. The van der Waals surface area contributed by atoms with E-state index in [9.17, 15) is 24.0 Å². The van der Waals surface area contributed by atoms with Gasteiger partial charge in [-0.05, 0) is 68.4 Å². The number of hydrogen-bond acceptors (Lipinski definition) is 7. The Bertz CT molecular complexity index is 1680. The fourth-order valence-electron chi connectivity index (χ4n) is 6.19. The molecular weight excluding hydrogens is 524 g/mol. The summed E-state index contributed by atoms with van der Waals surface area (Å²) in [4.78, 5) is 63.6. The highest BCUT2D eigenvalue weighted by molar-refractivity contribution is 6.23. The van der Waals surface area contributed by atoms with E-state index in [2.05, 4.69) is 10.6 Å². The van der Waals surface area contributed by atoms with Gasteiger partial charge in [-0.25, -0.2) is 0 Å². The summed E-state index contributed by atoms with van der Waals surface area (Å²) < 4.78 is 3.64. The van der Waals surface area contributed by atoms with Crippen molar-refractivity contribution in [2.45, 2.75) is 56.5 Å². The largest absolute Gasteiger partial charge is 0.385 e. The highest BCUT2D eigenvalue weighted by Gasteiger charge is 2.44. The summed E-state index contributed by atoms with van der Waals surface area (Å²) >= 11 is 0. The lowest BCUT2D eigenvalue weighted by molar-refractivity contribution is -0.136. The van der Waals surface area contributed by atoms with Crippen LogP contribution in [-0.2, 0) is 16.6 Å². The van der Waals surface area contributed by atoms with Crippen LogP contribution in [0.15, 0.2) is 47.5 Å². The molecule has 4 heterocycles. The monoisotopic (exact) mass is 554 g/mol. The summed E-state index contributed by atoms with van der Waals surface area (Å²) in [6.45, 7) is 0.705. The third-order valence-corrected chi connectivity index (χ3v) is 8.76. The Morgan fingerprint density at radius 3 is 2.49 bits per heavy atom. The van der Waals surface area contributed by atoms with Crippen LogP contribution < -0.4 is 16.2 Å². The normalized spacial score (nSPS) is 23.8. The minimum atomic E-state index is -0.975. The van der Waals surface area contributed by atoms with Gasteiger partial charge < -0.3 is 9.88 Å². The van der Waals surface area contributed by atoms with Gasteiger partial charge in [0.15, 0.2) is 0 Å². The van der Waals surface area contributed by atoms with Crippen LogP contribution in [0, 0.1) is 5.92 Å². The Morgan fingerprint density at radius 1 is 0.951 bits per heavy atom. The first-order valence-electron chi connectivity index (χ1n) is 14.1. The van der Waals surface area contributed by atoms with Crippen molar-refractivity contribution in [2.24, 2.45) is 13.0 Å². The number of anilines is 1.